The van der Waals surface area contributed by atoms with Gasteiger partial charge in [-0.15, -0.1) is 0 Å². The van der Waals surface area contributed by atoms with Gasteiger partial charge in [0.25, 0.3) is 0 Å². The predicted molar refractivity (Wildman–Crippen MR) is 80.0 cm³/mol. The van der Waals surface area contributed by atoms with E-state index in [1.807, 2.05) is 15.8 Å². The van der Waals surface area contributed by atoms with Gasteiger partial charge in [-0.25, -0.2) is 4.98 Å². The van der Waals surface area contributed by atoms with Gasteiger partial charge in [0.05, 0.1) is 0 Å². The standard InChI is InChI=1S/C15H23N5O/c21-15(19-5-1-2-6-19)9-16-8-13-3-4-14(7-13)10-20-12-17-11-18-20/h8,11-14H,1-7,9-10H2. The summed E-state index contributed by atoms with van der Waals surface area (Å²) in [5, 5.41) is 4.16. The van der Waals surface area contributed by atoms with Gasteiger partial charge in [-0.2, -0.15) is 5.10 Å². The number of nitrogens with zero attached hydrogens (tertiary/aromatic N) is 5. The molecule has 1 aliphatic heterocycles. The molecule has 1 saturated carbocycles. The zero-order valence-electron chi connectivity index (χ0n) is 12.4. The van der Waals surface area contributed by atoms with Crippen LogP contribution in [-0.4, -0.2) is 51.4 Å². The highest BCUT2D eigenvalue weighted by Gasteiger charge is 2.24. The first-order valence-electron chi connectivity index (χ1n) is 7.91. The topological polar surface area (TPSA) is 63.4 Å². The van der Waals surface area contributed by atoms with E-state index in [0.29, 0.717) is 18.4 Å². The molecule has 2 fully saturated rings. The molecule has 0 spiro atoms. The summed E-state index contributed by atoms with van der Waals surface area (Å²) in [6.07, 6.45) is 11.2. The summed E-state index contributed by atoms with van der Waals surface area (Å²) in [4.78, 5) is 22.2. The quantitative estimate of drug-likeness (QED) is 0.769. The molecule has 0 N–H and O–H groups in total. The molecule has 2 atom stereocenters. The van der Waals surface area contributed by atoms with Crippen LogP contribution in [0.1, 0.15) is 32.1 Å². The third-order valence-corrected chi connectivity index (χ3v) is 4.50. The largest absolute Gasteiger partial charge is 0.341 e. The Morgan fingerprint density at radius 2 is 2.19 bits per heavy atom. The second-order valence-corrected chi connectivity index (χ2v) is 6.13. The van der Waals surface area contributed by atoms with Crippen LogP contribution >= 0.6 is 0 Å². The Bertz CT molecular complexity index is 478. The van der Waals surface area contributed by atoms with Crippen LogP contribution in [0, 0.1) is 11.8 Å². The van der Waals surface area contributed by atoms with E-state index in [1.165, 1.54) is 12.8 Å². The zero-order valence-corrected chi connectivity index (χ0v) is 12.4. The van der Waals surface area contributed by atoms with Crippen LogP contribution in [0.2, 0.25) is 0 Å². The van der Waals surface area contributed by atoms with Crippen LogP contribution in [0.15, 0.2) is 17.6 Å². The smallest absolute Gasteiger partial charge is 0.244 e. The summed E-state index contributed by atoms with van der Waals surface area (Å²) in [5.74, 6) is 1.35. The minimum Gasteiger partial charge on any atom is -0.341 e. The van der Waals surface area contributed by atoms with Crippen molar-refractivity contribution >= 4 is 12.1 Å². The van der Waals surface area contributed by atoms with Gasteiger partial charge in [0.2, 0.25) is 5.91 Å². The number of carbonyl (C=O) groups excluding carboxylic acids is 1. The first-order chi connectivity index (χ1) is 10.3. The molecule has 0 radical (unpaired) electrons. The van der Waals surface area contributed by atoms with Crippen LogP contribution in [0.4, 0.5) is 0 Å². The molecule has 1 saturated heterocycles. The Labute approximate surface area is 125 Å². The fourth-order valence-electron chi connectivity index (χ4n) is 3.35. The van der Waals surface area contributed by atoms with Crippen LogP contribution in [-0.2, 0) is 11.3 Å². The fraction of sp³-hybridized carbons (Fsp3) is 0.733. The summed E-state index contributed by atoms with van der Waals surface area (Å²) >= 11 is 0. The molecule has 1 aromatic heterocycles. The van der Waals surface area contributed by atoms with E-state index in [2.05, 4.69) is 15.1 Å². The molecule has 2 aliphatic rings. The van der Waals surface area contributed by atoms with Crippen LogP contribution in [0.3, 0.4) is 0 Å². The van der Waals surface area contributed by atoms with Crippen molar-refractivity contribution in [1.82, 2.24) is 19.7 Å². The second-order valence-electron chi connectivity index (χ2n) is 6.13. The van der Waals surface area contributed by atoms with Gasteiger partial charge in [0, 0.05) is 25.8 Å². The minimum absolute atomic E-state index is 0.181. The van der Waals surface area contributed by atoms with Crippen molar-refractivity contribution in [2.45, 2.75) is 38.6 Å². The number of aromatic nitrogens is 3. The number of aliphatic imine (C=N–C) groups is 1. The third-order valence-electron chi connectivity index (χ3n) is 4.50. The van der Waals surface area contributed by atoms with Gasteiger partial charge in [0.1, 0.15) is 19.2 Å². The average molecular weight is 289 g/mol. The molecular weight excluding hydrogens is 266 g/mol. The molecule has 6 heteroatoms. The van der Waals surface area contributed by atoms with Crippen molar-refractivity contribution in [2.75, 3.05) is 19.6 Å². The molecule has 21 heavy (non-hydrogen) atoms. The lowest BCUT2D eigenvalue weighted by molar-refractivity contribution is -0.128. The molecular formula is C15H23N5O. The van der Waals surface area contributed by atoms with Gasteiger partial charge in [-0.05, 0) is 43.9 Å². The van der Waals surface area contributed by atoms with Gasteiger partial charge in [0.15, 0.2) is 0 Å². The molecule has 6 nitrogen and oxygen atoms in total. The van der Waals surface area contributed by atoms with E-state index in [-0.39, 0.29) is 5.91 Å². The van der Waals surface area contributed by atoms with Crippen LogP contribution in [0.25, 0.3) is 0 Å². The molecule has 3 rings (SSSR count). The van der Waals surface area contributed by atoms with Crippen molar-refractivity contribution in [1.29, 1.82) is 0 Å². The Balaban J connectivity index is 1.39. The highest BCUT2D eigenvalue weighted by atomic mass is 16.2. The number of likely N-dealkylation sites (tertiary alicyclic amines) is 1. The van der Waals surface area contributed by atoms with Gasteiger partial charge in [-0.1, -0.05) is 0 Å². The van der Waals surface area contributed by atoms with E-state index < -0.39 is 0 Å². The summed E-state index contributed by atoms with van der Waals surface area (Å²) in [7, 11) is 0. The van der Waals surface area contributed by atoms with Crippen molar-refractivity contribution in [3.63, 3.8) is 0 Å². The predicted octanol–water partition coefficient (Wildman–Crippen LogP) is 1.39. The second kappa shape index (κ2) is 6.83. The lowest BCUT2D eigenvalue weighted by atomic mass is 10.1. The summed E-state index contributed by atoms with van der Waals surface area (Å²) in [6, 6.07) is 0. The number of amides is 1. The number of hydrogen-bond donors (Lipinski definition) is 0. The Kier molecular flexibility index (Phi) is 4.62. The highest BCUT2D eigenvalue weighted by molar-refractivity contribution is 5.80. The van der Waals surface area contributed by atoms with Crippen molar-refractivity contribution in [3.8, 4) is 0 Å². The molecule has 0 aromatic carbocycles. The van der Waals surface area contributed by atoms with E-state index in [0.717, 1.165) is 38.9 Å². The van der Waals surface area contributed by atoms with Crippen molar-refractivity contribution in [2.24, 2.45) is 16.8 Å². The summed E-state index contributed by atoms with van der Waals surface area (Å²) in [5.41, 5.74) is 0. The summed E-state index contributed by atoms with van der Waals surface area (Å²) < 4.78 is 1.90. The highest BCUT2D eigenvalue weighted by Crippen LogP contribution is 2.30. The number of rotatable bonds is 5. The zero-order chi connectivity index (χ0) is 14.5. The summed E-state index contributed by atoms with van der Waals surface area (Å²) in [6.45, 7) is 3.09. The number of hydrogen-bond acceptors (Lipinski definition) is 4. The Morgan fingerprint density at radius 1 is 1.33 bits per heavy atom. The van der Waals surface area contributed by atoms with E-state index in [1.54, 1.807) is 12.7 Å². The maximum atomic E-state index is 11.9. The van der Waals surface area contributed by atoms with Crippen LogP contribution in [0.5, 0.6) is 0 Å². The van der Waals surface area contributed by atoms with Gasteiger partial charge < -0.3 is 4.90 Å². The monoisotopic (exact) mass is 289 g/mol. The maximum Gasteiger partial charge on any atom is 0.244 e. The Morgan fingerprint density at radius 3 is 2.95 bits per heavy atom. The average Bonchev–Trinajstić information content (AvgIpc) is 3.21. The molecule has 0 bridgehead atoms. The minimum atomic E-state index is 0.181. The molecule has 1 aromatic rings. The van der Waals surface area contributed by atoms with Crippen LogP contribution < -0.4 is 0 Å². The van der Waals surface area contributed by atoms with Crippen molar-refractivity contribution < 1.29 is 4.79 Å². The SMILES string of the molecule is O=C(CN=CC1CCC(Cn2cncn2)C1)N1CCCC1. The molecule has 1 amide bonds. The molecule has 114 valence electrons. The van der Waals surface area contributed by atoms with Crippen molar-refractivity contribution in [3.05, 3.63) is 12.7 Å². The molecule has 1 aliphatic carbocycles. The van der Waals surface area contributed by atoms with E-state index >= 15 is 0 Å². The van der Waals surface area contributed by atoms with Gasteiger partial charge >= 0.3 is 0 Å². The Hall–Kier alpha value is -1.72. The van der Waals surface area contributed by atoms with E-state index in [9.17, 15) is 4.79 Å². The third kappa shape index (κ3) is 3.89. The first kappa shape index (κ1) is 14.2. The molecule has 2 heterocycles. The molecule has 2 unspecified atom stereocenters. The normalized spacial score (nSPS) is 26.0. The number of carbonyl (C=O) groups is 1. The van der Waals surface area contributed by atoms with Gasteiger partial charge in [-0.3, -0.25) is 14.5 Å². The first-order valence-corrected chi connectivity index (χ1v) is 7.91. The van der Waals surface area contributed by atoms with E-state index in [4.69, 9.17) is 0 Å². The lowest BCUT2D eigenvalue weighted by Crippen LogP contribution is -2.29. The fourth-order valence-corrected chi connectivity index (χ4v) is 3.35. The maximum absolute atomic E-state index is 11.9. The lowest BCUT2D eigenvalue weighted by Gasteiger charge is -2.13.